The molecule has 3 heterocycles. The Morgan fingerprint density at radius 1 is 1.00 bits per heavy atom. The number of carbonyl (C=O) groups excluding carboxylic acids is 3. The number of rotatable bonds is 8. The number of anilines is 3. The molecule has 0 saturated carbocycles. The number of benzene rings is 4. The van der Waals surface area contributed by atoms with Crippen LogP contribution < -0.4 is 15.5 Å². The van der Waals surface area contributed by atoms with Gasteiger partial charge in [0.05, 0.1) is 16.5 Å². The van der Waals surface area contributed by atoms with E-state index in [9.17, 15) is 22.8 Å². The Kier molecular flexibility index (Phi) is 6.68. The average Bonchev–Trinajstić information content (AvgIpc) is 3.49. The van der Waals surface area contributed by atoms with Gasteiger partial charge in [0, 0.05) is 77.4 Å². The van der Waals surface area contributed by atoms with Gasteiger partial charge >= 0.3 is 0 Å². The first-order valence-electron chi connectivity index (χ1n) is 14.3. The van der Waals surface area contributed by atoms with Gasteiger partial charge in [0.15, 0.2) is 0 Å². The highest BCUT2D eigenvalue weighted by molar-refractivity contribution is 7.89. The van der Waals surface area contributed by atoms with Gasteiger partial charge in [-0.05, 0) is 55.7 Å². The fourth-order valence-corrected chi connectivity index (χ4v) is 8.29. The lowest BCUT2D eigenvalue weighted by Gasteiger charge is -2.31. The second-order valence-electron chi connectivity index (χ2n) is 11.1. The highest BCUT2D eigenvalue weighted by Crippen LogP contribution is 2.41. The van der Waals surface area contributed by atoms with Gasteiger partial charge in [0.1, 0.15) is 0 Å². The van der Waals surface area contributed by atoms with Crippen LogP contribution in [0.5, 0.6) is 0 Å². The second kappa shape index (κ2) is 10.4. The van der Waals surface area contributed by atoms with Crippen molar-refractivity contribution in [2.75, 3.05) is 48.9 Å². The number of nitrogens with zero attached hydrogens (tertiary/aromatic N) is 2. The largest absolute Gasteiger partial charge is 0.385 e. The third-order valence-corrected chi connectivity index (χ3v) is 10.6. The van der Waals surface area contributed by atoms with Crippen LogP contribution in [0.15, 0.2) is 65.6 Å². The maximum atomic E-state index is 13.9. The minimum Gasteiger partial charge on any atom is -0.385 e. The van der Waals surface area contributed by atoms with Crippen molar-refractivity contribution in [2.24, 2.45) is 5.92 Å². The lowest BCUT2D eigenvalue weighted by atomic mass is 9.98. The molecule has 0 aliphatic carbocycles. The van der Waals surface area contributed by atoms with E-state index in [1.807, 2.05) is 18.2 Å². The summed E-state index contributed by atoms with van der Waals surface area (Å²) in [6, 6.07) is 17.4. The van der Waals surface area contributed by atoms with E-state index in [-0.39, 0.29) is 29.2 Å². The van der Waals surface area contributed by atoms with Crippen LogP contribution in [-0.4, -0.2) is 63.8 Å². The van der Waals surface area contributed by atoms with Gasteiger partial charge < -0.3 is 20.3 Å². The molecule has 0 spiro atoms. The molecule has 1 saturated heterocycles. The summed E-state index contributed by atoms with van der Waals surface area (Å²) in [6.07, 6.45) is 1.79. The molecule has 220 valence electrons. The molecule has 4 aromatic carbocycles. The maximum Gasteiger partial charge on any atom is 0.258 e. The number of sulfonamides is 1. The predicted molar refractivity (Wildman–Crippen MR) is 164 cm³/mol. The minimum atomic E-state index is -3.95. The highest BCUT2D eigenvalue weighted by atomic mass is 32.2. The van der Waals surface area contributed by atoms with Crippen molar-refractivity contribution >= 4 is 66.4 Å². The quantitative estimate of drug-likeness (QED) is 0.286. The van der Waals surface area contributed by atoms with E-state index in [1.54, 1.807) is 48.4 Å². The monoisotopic (exact) mass is 598 g/mol. The van der Waals surface area contributed by atoms with Crippen molar-refractivity contribution in [1.29, 1.82) is 0 Å². The van der Waals surface area contributed by atoms with Gasteiger partial charge in [-0.1, -0.05) is 24.3 Å². The summed E-state index contributed by atoms with van der Waals surface area (Å²) in [4.78, 5) is 41.0. The summed E-state index contributed by atoms with van der Waals surface area (Å²) in [5.74, 6) is -1.15. The van der Waals surface area contributed by atoms with Gasteiger partial charge in [-0.3, -0.25) is 14.4 Å². The zero-order chi connectivity index (χ0) is 29.9. The molecule has 0 bridgehead atoms. The number of piperidine rings is 1. The number of nitrogens with one attached hydrogen (secondary N) is 2. The Balaban J connectivity index is 1.14. The molecule has 3 aliphatic heterocycles. The van der Waals surface area contributed by atoms with Crippen molar-refractivity contribution in [3.05, 3.63) is 71.8 Å². The fraction of sp³-hybridized carbons (Fsp3) is 0.281. The summed E-state index contributed by atoms with van der Waals surface area (Å²) in [7, 11) is -2.32. The number of methoxy groups -OCH3 is 1. The normalized spacial score (nSPS) is 18.1. The van der Waals surface area contributed by atoms with E-state index in [0.717, 1.165) is 16.5 Å². The van der Waals surface area contributed by atoms with Crippen LogP contribution in [0, 0.1) is 5.92 Å². The van der Waals surface area contributed by atoms with Crippen LogP contribution in [0.2, 0.25) is 0 Å². The molecular formula is C32H30N4O6S. The van der Waals surface area contributed by atoms with Crippen molar-refractivity contribution < 1.29 is 27.5 Å². The molecular weight excluding hydrogens is 568 g/mol. The van der Waals surface area contributed by atoms with Gasteiger partial charge in [0.25, 0.3) is 11.8 Å². The van der Waals surface area contributed by atoms with Gasteiger partial charge in [0.2, 0.25) is 15.9 Å². The standard InChI is InChI=1S/C32H30N4O6S/c1-42-17-5-16-36-26-13-11-24(20-7-2-10-23(29(20)26)32(36)39)33-30(37)19-6-4-15-35(18-19)43(40,41)27-14-12-25-28-21(27)8-3-9-22(28)31(38)34-25/h2-3,7-14,19H,4-6,15-18H2,1H3,(H,33,37)(H,34,38). The zero-order valence-electron chi connectivity index (χ0n) is 23.6. The Bertz CT molecular complexity index is 1960. The fourth-order valence-electron chi connectivity index (χ4n) is 6.58. The van der Waals surface area contributed by atoms with Gasteiger partial charge in [-0.15, -0.1) is 0 Å². The Morgan fingerprint density at radius 3 is 2.60 bits per heavy atom. The summed E-state index contributed by atoms with van der Waals surface area (Å²) >= 11 is 0. The summed E-state index contributed by atoms with van der Waals surface area (Å²) in [5, 5.41) is 8.47. The Labute approximate surface area is 248 Å². The smallest absolute Gasteiger partial charge is 0.258 e. The first kappa shape index (κ1) is 27.5. The van der Waals surface area contributed by atoms with Crippen LogP contribution in [0.4, 0.5) is 17.1 Å². The number of hydrogen-bond acceptors (Lipinski definition) is 6. The molecule has 2 N–H and O–H groups in total. The van der Waals surface area contributed by atoms with Gasteiger partial charge in [-0.2, -0.15) is 4.31 Å². The average molecular weight is 599 g/mol. The highest BCUT2D eigenvalue weighted by Gasteiger charge is 2.36. The molecule has 0 radical (unpaired) electrons. The Hall–Kier alpha value is -4.32. The molecule has 3 aliphatic rings. The third kappa shape index (κ3) is 4.38. The lowest BCUT2D eigenvalue weighted by Crippen LogP contribution is -2.43. The lowest BCUT2D eigenvalue weighted by molar-refractivity contribution is -0.120. The molecule has 11 heteroatoms. The van der Waals surface area contributed by atoms with Crippen molar-refractivity contribution in [3.63, 3.8) is 0 Å². The van der Waals surface area contributed by atoms with Crippen LogP contribution in [-0.2, 0) is 19.6 Å². The molecule has 4 aromatic rings. The molecule has 7 rings (SSSR count). The molecule has 1 atom stereocenters. The van der Waals surface area contributed by atoms with Crippen LogP contribution in [0.25, 0.3) is 21.5 Å². The first-order chi connectivity index (χ1) is 20.8. The summed E-state index contributed by atoms with van der Waals surface area (Å²) < 4.78 is 34.3. The van der Waals surface area contributed by atoms with Crippen LogP contribution >= 0.6 is 0 Å². The third-order valence-electron chi connectivity index (χ3n) is 8.64. The van der Waals surface area contributed by atoms with E-state index in [0.29, 0.717) is 72.2 Å². The first-order valence-corrected chi connectivity index (χ1v) is 15.8. The van der Waals surface area contributed by atoms with Gasteiger partial charge in [-0.25, -0.2) is 8.42 Å². The molecule has 10 nitrogen and oxygen atoms in total. The molecule has 3 amide bonds. The molecule has 0 aromatic heterocycles. The van der Waals surface area contributed by atoms with Crippen molar-refractivity contribution in [2.45, 2.75) is 24.2 Å². The van der Waals surface area contributed by atoms with Crippen molar-refractivity contribution in [3.8, 4) is 0 Å². The summed E-state index contributed by atoms with van der Waals surface area (Å²) in [6.45, 7) is 1.42. The molecule has 43 heavy (non-hydrogen) atoms. The van der Waals surface area contributed by atoms with Crippen LogP contribution in [0.1, 0.15) is 40.0 Å². The maximum absolute atomic E-state index is 13.9. The van der Waals surface area contributed by atoms with E-state index in [1.165, 1.54) is 10.4 Å². The number of amides is 3. The zero-order valence-corrected chi connectivity index (χ0v) is 24.4. The minimum absolute atomic E-state index is 0.0430. The van der Waals surface area contributed by atoms with E-state index < -0.39 is 15.9 Å². The second-order valence-corrected chi connectivity index (χ2v) is 13.1. The number of hydrogen-bond donors (Lipinski definition) is 2. The Morgan fingerprint density at radius 2 is 1.79 bits per heavy atom. The van der Waals surface area contributed by atoms with E-state index in [4.69, 9.17) is 4.74 Å². The van der Waals surface area contributed by atoms with Crippen molar-refractivity contribution in [1.82, 2.24) is 4.31 Å². The number of ether oxygens (including phenoxy) is 1. The topological polar surface area (TPSA) is 125 Å². The predicted octanol–water partition coefficient (Wildman–Crippen LogP) is 4.59. The SMILES string of the molecule is COCCCN1C(=O)c2cccc3c(NC(=O)C4CCCN(S(=O)(=O)c5ccc6c7c(cccc57)C(=O)N6)C4)ccc1c23. The number of carbonyl (C=O) groups is 3. The van der Waals surface area contributed by atoms with Crippen LogP contribution in [0.3, 0.4) is 0 Å². The van der Waals surface area contributed by atoms with E-state index in [2.05, 4.69) is 10.6 Å². The summed E-state index contributed by atoms with van der Waals surface area (Å²) in [5.41, 5.74) is 3.03. The molecule has 1 unspecified atom stereocenters. The van der Waals surface area contributed by atoms with E-state index >= 15 is 0 Å². The molecule has 1 fully saturated rings.